The fourth-order valence-corrected chi connectivity index (χ4v) is 3.83. The molecule has 0 aliphatic heterocycles. The first-order valence-corrected chi connectivity index (χ1v) is 7.88. The van der Waals surface area contributed by atoms with Gasteiger partial charge in [0.2, 0.25) is 0 Å². The summed E-state index contributed by atoms with van der Waals surface area (Å²) < 4.78 is 3.69. The van der Waals surface area contributed by atoms with E-state index in [1.807, 2.05) is 11.3 Å². The molecule has 7 heteroatoms. The molecule has 0 radical (unpaired) electrons. The molecule has 0 spiro atoms. The highest BCUT2D eigenvalue weighted by molar-refractivity contribution is 7.10. The van der Waals surface area contributed by atoms with Crippen molar-refractivity contribution in [3.63, 3.8) is 0 Å². The number of nitrogens with one attached hydrogen (secondary N) is 2. The number of carbonyl (C=O) groups excluding carboxylic acids is 1. The third-order valence-corrected chi connectivity index (χ3v) is 4.90. The van der Waals surface area contributed by atoms with Gasteiger partial charge in [-0.1, -0.05) is 4.49 Å². The first kappa shape index (κ1) is 12.6. The van der Waals surface area contributed by atoms with E-state index < -0.39 is 0 Å². The number of fused-ring (bicyclic) bond motifs is 1. The Kier molecular flexibility index (Phi) is 3.74. The molecule has 0 unspecified atom stereocenters. The molecule has 2 heterocycles. The minimum absolute atomic E-state index is 0.207. The van der Waals surface area contributed by atoms with Gasteiger partial charge >= 0.3 is 6.03 Å². The molecule has 3 rings (SSSR count). The number of carbonyl (C=O) groups is 1. The van der Waals surface area contributed by atoms with Gasteiger partial charge in [0.1, 0.15) is 5.00 Å². The Labute approximate surface area is 119 Å². The van der Waals surface area contributed by atoms with Crippen LogP contribution in [-0.2, 0) is 19.4 Å². The zero-order chi connectivity index (χ0) is 13.1. The fourth-order valence-electron chi connectivity index (χ4n) is 2.26. The topological polar surface area (TPSA) is 66.9 Å². The Morgan fingerprint density at radius 3 is 3.11 bits per heavy atom. The average Bonchev–Trinajstić information content (AvgIpc) is 3.05. The average molecular weight is 294 g/mol. The van der Waals surface area contributed by atoms with Crippen LogP contribution in [0.5, 0.6) is 0 Å². The predicted molar refractivity (Wildman–Crippen MR) is 76.7 cm³/mol. The Hall–Kier alpha value is -1.47. The minimum atomic E-state index is -0.207. The van der Waals surface area contributed by atoms with E-state index in [2.05, 4.69) is 25.6 Å². The molecule has 0 atom stereocenters. The Balaban J connectivity index is 1.57. The summed E-state index contributed by atoms with van der Waals surface area (Å²) in [6.45, 7) is 0.587. The van der Waals surface area contributed by atoms with E-state index >= 15 is 0 Å². The maximum Gasteiger partial charge on any atom is 0.320 e. The number of rotatable bonds is 3. The first-order chi connectivity index (χ1) is 9.33. The largest absolute Gasteiger partial charge is 0.334 e. The zero-order valence-electron chi connectivity index (χ0n) is 10.3. The number of hydrogen-bond donors (Lipinski definition) is 2. The van der Waals surface area contributed by atoms with Crippen LogP contribution >= 0.6 is 22.9 Å². The lowest BCUT2D eigenvalue weighted by Gasteiger charge is -2.13. The number of anilines is 1. The van der Waals surface area contributed by atoms with Gasteiger partial charge in [0.25, 0.3) is 0 Å². The van der Waals surface area contributed by atoms with Crippen molar-refractivity contribution in [1.82, 2.24) is 14.9 Å². The van der Waals surface area contributed by atoms with Gasteiger partial charge in [0.05, 0.1) is 6.20 Å². The van der Waals surface area contributed by atoms with Crippen molar-refractivity contribution in [3.05, 3.63) is 27.6 Å². The number of thiophene rings is 1. The molecule has 5 nitrogen and oxygen atoms in total. The molecule has 0 aromatic carbocycles. The summed E-state index contributed by atoms with van der Waals surface area (Å²) in [5, 5.41) is 12.1. The van der Waals surface area contributed by atoms with Crippen LogP contribution in [0, 0.1) is 0 Å². The number of urea groups is 1. The number of nitrogens with zero attached hydrogens (tertiary/aromatic N) is 2. The lowest BCUT2D eigenvalue weighted by molar-refractivity contribution is 0.252. The molecule has 100 valence electrons. The summed E-state index contributed by atoms with van der Waals surface area (Å²) >= 11 is 2.99. The van der Waals surface area contributed by atoms with Gasteiger partial charge in [0, 0.05) is 23.0 Å². The van der Waals surface area contributed by atoms with E-state index in [0.29, 0.717) is 11.5 Å². The second-order valence-electron chi connectivity index (χ2n) is 4.46. The van der Waals surface area contributed by atoms with Crippen molar-refractivity contribution >= 4 is 33.9 Å². The summed E-state index contributed by atoms with van der Waals surface area (Å²) in [7, 11) is 0. The van der Waals surface area contributed by atoms with E-state index in [4.69, 9.17) is 0 Å². The van der Waals surface area contributed by atoms with Crippen molar-refractivity contribution in [2.24, 2.45) is 0 Å². The molecule has 0 fully saturated rings. The van der Waals surface area contributed by atoms with E-state index in [0.717, 1.165) is 6.42 Å². The number of hydrogen-bond acceptors (Lipinski definition) is 5. The summed E-state index contributed by atoms with van der Waals surface area (Å²) in [5.74, 6) is 0. The third kappa shape index (κ3) is 2.93. The monoisotopic (exact) mass is 294 g/mol. The van der Waals surface area contributed by atoms with Gasteiger partial charge in [-0.15, -0.1) is 16.4 Å². The first-order valence-electron chi connectivity index (χ1n) is 6.23. The van der Waals surface area contributed by atoms with Gasteiger partial charge < -0.3 is 5.32 Å². The van der Waals surface area contributed by atoms with Crippen molar-refractivity contribution in [3.8, 4) is 0 Å². The molecule has 0 saturated carbocycles. The third-order valence-electron chi connectivity index (χ3n) is 3.19. The fraction of sp³-hybridized carbons (Fsp3) is 0.417. The maximum absolute atomic E-state index is 11.7. The molecule has 1 aliphatic carbocycles. The molecule has 2 N–H and O–H groups in total. The summed E-state index contributed by atoms with van der Waals surface area (Å²) in [5.41, 5.74) is 2.72. The highest BCUT2D eigenvalue weighted by atomic mass is 32.1. The zero-order valence-corrected chi connectivity index (χ0v) is 11.9. The van der Waals surface area contributed by atoms with Crippen LogP contribution < -0.4 is 10.6 Å². The predicted octanol–water partition coefficient (Wildman–Crippen LogP) is 2.80. The Morgan fingerprint density at radius 1 is 1.37 bits per heavy atom. The number of amides is 2. The van der Waals surface area contributed by atoms with Gasteiger partial charge in [-0.3, -0.25) is 5.32 Å². The van der Waals surface area contributed by atoms with E-state index in [1.165, 1.54) is 53.0 Å². The molecule has 0 bridgehead atoms. The van der Waals surface area contributed by atoms with Crippen molar-refractivity contribution in [2.45, 2.75) is 32.2 Å². The van der Waals surface area contributed by atoms with Crippen LogP contribution in [-0.4, -0.2) is 15.6 Å². The van der Waals surface area contributed by atoms with Crippen LogP contribution in [0.1, 0.15) is 28.8 Å². The lowest BCUT2D eigenvalue weighted by Crippen LogP contribution is -2.28. The number of aromatic nitrogens is 2. The summed E-state index contributed by atoms with van der Waals surface area (Å²) in [6.07, 6.45) is 6.43. The molecule has 2 aromatic heterocycles. The van der Waals surface area contributed by atoms with Crippen LogP contribution in [0.3, 0.4) is 0 Å². The summed E-state index contributed by atoms with van der Waals surface area (Å²) in [6, 6.07) is -0.207. The van der Waals surface area contributed by atoms with Gasteiger partial charge in [-0.2, -0.15) is 0 Å². The normalized spacial score (nSPS) is 13.9. The number of aryl methyl sites for hydroxylation is 1. The molecule has 2 aromatic rings. The van der Waals surface area contributed by atoms with Gasteiger partial charge in [0.15, 0.2) is 0 Å². The van der Waals surface area contributed by atoms with Gasteiger partial charge in [-0.05, 0) is 42.2 Å². The molecular formula is C12H14N4OS2. The molecular weight excluding hydrogens is 280 g/mol. The Bertz CT molecular complexity index is 564. The maximum atomic E-state index is 11.7. The van der Waals surface area contributed by atoms with Crippen LogP contribution in [0.15, 0.2) is 11.6 Å². The van der Waals surface area contributed by atoms with Crippen molar-refractivity contribution in [1.29, 1.82) is 0 Å². The highest BCUT2D eigenvalue weighted by Crippen LogP contribution is 2.30. The van der Waals surface area contributed by atoms with Crippen molar-refractivity contribution in [2.75, 3.05) is 5.32 Å². The molecule has 0 saturated heterocycles. The SMILES string of the molecule is O=C(NCc1csc2c1CCCC2)Nc1cnns1. The van der Waals surface area contributed by atoms with E-state index in [1.54, 1.807) is 0 Å². The second-order valence-corrected chi connectivity index (χ2v) is 6.21. The quantitative estimate of drug-likeness (QED) is 0.914. The van der Waals surface area contributed by atoms with E-state index in [9.17, 15) is 4.79 Å². The van der Waals surface area contributed by atoms with Gasteiger partial charge in [-0.25, -0.2) is 4.79 Å². The smallest absolute Gasteiger partial charge is 0.320 e. The van der Waals surface area contributed by atoms with Crippen molar-refractivity contribution < 1.29 is 4.79 Å². The molecule has 2 amide bonds. The van der Waals surface area contributed by atoms with Crippen LogP contribution in [0.4, 0.5) is 9.80 Å². The standard InChI is InChI=1S/C12H14N4OS2/c17-12(15-11-6-14-16-19-11)13-5-8-7-18-10-4-2-1-3-9(8)10/h6-7H,1-5H2,(H2,13,15,17). The Morgan fingerprint density at radius 2 is 2.26 bits per heavy atom. The van der Waals surface area contributed by atoms with E-state index in [-0.39, 0.29) is 6.03 Å². The lowest BCUT2D eigenvalue weighted by atomic mass is 9.96. The summed E-state index contributed by atoms with van der Waals surface area (Å²) in [4.78, 5) is 13.2. The molecule has 19 heavy (non-hydrogen) atoms. The highest BCUT2D eigenvalue weighted by Gasteiger charge is 2.15. The van der Waals surface area contributed by atoms with Crippen LogP contribution in [0.25, 0.3) is 0 Å². The minimum Gasteiger partial charge on any atom is -0.334 e. The second kappa shape index (κ2) is 5.66. The van der Waals surface area contributed by atoms with Crippen LogP contribution in [0.2, 0.25) is 0 Å². The molecule has 1 aliphatic rings.